The number of rotatable bonds is 6. The van der Waals surface area contributed by atoms with Crippen molar-refractivity contribution < 1.29 is 13.2 Å². The molecule has 1 aromatic heterocycles. The third-order valence-corrected chi connectivity index (χ3v) is 8.10. The molecule has 2 heterocycles. The van der Waals surface area contributed by atoms with E-state index in [0.717, 1.165) is 9.75 Å². The summed E-state index contributed by atoms with van der Waals surface area (Å²) < 4.78 is 27.3. The fourth-order valence-electron chi connectivity index (χ4n) is 3.21. The highest BCUT2D eigenvalue weighted by Gasteiger charge is 2.30. The second-order valence-corrected chi connectivity index (χ2v) is 10.6. The van der Waals surface area contributed by atoms with E-state index in [1.54, 1.807) is 34.6 Å². The number of halogens is 1. The summed E-state index contributed by atoms with van der Waals surface area (Å²) in [5, 5.41) is 3.47. The lowest BCUT2D eigenvalue weighted by Crippen LogP contribution is -2.49. The van der Waals surface area contributed by atoms with Crippen LogP contribution in [-0.4, -0.2) is 56.3 Å². The smallest absolute Gasteiger partial charge is 0.244 e. The van der Waals surface area contributed by atoms with Crippen molar-refractivity contribution in [2.75, 3.05) is 38.0 Å². The Morgan fingerprint density at radius 1 is 1.14 bits per heavy atom. The molecule has 152 valence electrons. The Hall–Kier alpha value is -1.45. The van der Waals surface area contributed by atoms with E-state index >= 15 is 0 Å². The molecule has 1 saturated heterocycles. The molecule has 0 spiro atoms. The molecule has 0 unspecified atom stereocenters. The number of anilines is 1. The molecule has 6 nitrogen and oxygen atoms in total. The van der Waals surface area contributed by atoms with Gasteiger partial charge in [0.2, 0.25) is 15.9 Å². The number of thiophene rings is 1. The predicted molar refractivity (Wildman–Crippen MR) is 114 cm³/mol. The SMILES string of the molecule is Cc1cc(S(=O)(=O)N2CCN(CCC(=O)Nc3ccc(Cl)cc3)CC2)c(C)s1. The number of nitrogens with zero attached hydrogens (tertiary/aromatic N) is 2. The van der Waals surface area contributed by atoms with Crippen LogP contribution < -0.4 is 5.32 Å². The Morgan fingerprint density at radius 3 is 2.36 bits per heavy atom. The number of hydrogen-bond donors (Lipinski definition) is 1. The van der Waals surface area contributed by atoms with Crippen molar-refractivity contribution >= 4 is 44.6 Å². The van der Waals surface area contributed by atoms with Gasteiger partial charge in [-0.05, 0) is 44.2 Å². The lowest BCUT2D eigenvalue weighted by Gasteiger charge is -2.33. The Morgan fingerprint density at radius 2 is 1.79 bits per heavy atom. The predicted octanol–water partition coefficient (Wildman–Crippen LogP) is 3.35. The molecule has 1 aliphatic rings. The van der Waals surface area contributed by atoms with Gasteiger partial charge in [0.25, 0.3) is 0 Å². The van der Waals surface area contributed by atoms with Crippen molar-refractivity contribution in [1.29, 1.82) is 0 Å². The number of carbonyl (C=O) groups is 1. The zero-order valence-corrected chi connectivity index (χ0v) is 18.3. The Labute approximate surface area is 175 Å². The number of aryl methyl sites for hydroxylation is 2. The van der Waals surface area contributed by atoms with Gasteiger partial charge in [-0.2, -0.15) is 4.31 Å². The third kappa shape index (κ3) is 5.12. The molecule has 0 aliphatic carbocycles. The summed E-state index contributed by atoms with van der Waals surface area (Å²) in [6.07, 6.45) is 0.359. The fourth-order valence-corrected chi connectivity index (χ4v) is 6.28. The van der Waals surface area contributed by atoms with E-state index in [-0.39, 0.29) is 5.91 Å². The van der Waals surface area contributed by atoms with Crippen LogP contribution in [0.3, 0.4) is 0 Å². The van der Waals surface area contributed by atoms with Crippen LogP contribution in [0.5, 0.6) is 0 Å². The standard InChI is InChI=1S/C19H24ClN3O3S2/c1-14-13-18(15(2)27-14)28(25,26)23-11-9-22(10-12-23)8-7-19(24)21-17-5-3-16(20)4-6-17/h3-6,13H,7-12H2,1-2H3,(H,21,24). The summed E-state index contributed by atoms with van der Waals surface area (Å²) in [6.45, 7) is 6.49. The number of nitrogens with one attached hydrogen (secondary N) is 1. The largest absolute Gasteiger partial charge is 0.326 e. The molecular formula is C19H24ClN3O3S2. The first kappa shape index (κ1) is 21.3. The third-order valence-electron chi connectivity index (χ3n) is 4.73. The van der Waals surface area contributed by atoms with Gasteiger partial charge >= 0.3 is 0 Å². The topological polar surface area (TPSA) is 69.7 Å². The highest BCUT2D eigenvalue weighted by Crippen LogP contribution is 2.28. The molecule has 1 aromatic carbocycles. The first-order valence-corrected chi connectivity index (χ1v) is 11.7. The molecule has 3 rings (SSSR count). The number of carbonyl (C=O) groups excluding carboxylic acids is 1. The zero-order chi connectivity index (χ0) is 20.3. The van der Waals surface area contributed by atoms with Gasteiger partial charge in [0.15, 0.2) is 0 Å². The lowest BCUT2D eigenvalue weighted by atomic mass is 10.3. The van der Waals surface area contributed by atoms with Gasteiger partial charge in [-0.3, -0.25) is 4.79 Å². The number of piperazine rings is 1. The number of benzene rings is 1. The minimum Gasteiger partial charge on any atom is -0.326 e. The minimum absolute atomic E-state index is 0.0678. The molecule has 9 heteroatoms. The first-order chi connectivity index (χ1) is 13.3. The van der Waals surface area contributed by atoms with Gasteiger partial charge < -0.3 is 10.2 Å². The molecule has 0 bridgehead atoms. The minimum atomic E-state index is -3.44. The lowest BCUT2D eigenvalue weighted by molar-refractivity contribution is -0.116. The maximum atomic E-state index is 12.9. The Balaban J connectivity index is 1.48. The summed E-state index contributed by atoms with van der Waals surface area (Å²) >= 11 is 7.34. The zero-order valence-electron chi connectivity index (χ0n) is 15.9. The molecule has 0 radical (unpaired) electrons. The van der Waals surface area contributed by atoms with Crippen molar-refractivity contribution in [2.45, 2.75) is 25.2 Å². The highest BCUT2D eigenvalue weighted by molar-refractivity contribution is 7.89. The Bertz CT molecular complexity index is 934. The van der Waals surface area contributed by atoms with Crippen LogP contribution >= 0.6 is 22.9 Å². The summed E-state index contributed by atoms with van der Waals surface area (Å²) in [5.74, 6) is -0.0678. The normalized spacial score (nSPS) is 16.2. The average molecular weight is 442 g/mol. The van der Waals surface area contributed by atoms with Gasteiger partial charge in [0.05, 0.1) is 4.90 Å². The van der Waals surface area contributed by atoms with Crippen LogP contribution in [0.15, 0.2) is 35.2 Å². The first-order valence-electron chi connectivity index (χ1n) is 9.10. The van der Waals surface area contributed by atoms with Gasteiger partial charge in [-0.25, -0.2) is 8.42 Å². The van der Waals surface area contributed by atoms with E-state index in [4.69, 9.17) is 11.6 Å². The van der Waals surface area contributed by atoms with E-state index in [1.807, 2.05) is 13.8 Å². The molecule has 28 heavy (non-hydrogen) atoms. The summed E-state index contributed by atoms with van der Waals surface area (Å²) in [5.41, 5.74) is 0.715. The van der Waals surface area contributed by atoms with Crippen LogP contribution in [0.2, 0.25) is 5.02 Å². The average Bonchev–Trinajstić information content (AvgIpc) is 3.01. The van der Waals surface area contributed by atoms with Crippen molar-refractivity contribution in [3.63, 3.8) is 0 Å². The molecule has 0 saturated carbocycles. The number of hydrogen-bond acceptors (Lipinski definition) is 5. The second kappa shape index (κ2) is 8.92. The summed E-state index contributed by atoms with van der Waals surface area (Å²) in [4.78, 5) is 16.5. The fraction of sp³-hybridized carbons (Fsp3) is 0.421. The van der Waals surface area contributed by atoms with Gasteiger partial charge in [-0.1, -0.05) is 11.6 Å². The van der Waals surface area contributed by atoms with E-state index in [2.05, 4.69) is 10.2 Å². The van der Waals surface area contributed by atoms with Crippen molar-refractivity contribution in [3.05, 3.63) is 45.1 Å². The molecule has 2 aromatic rings. The monoisotopic (exact) mass is 441 g/mol. The second-order valence-electron chi connectivity index (χ2n) is 6.83. The van der Waals surface area contributed by atoms with Gasteiger partial charge in [-0.15, -0.1) is 11.3 Å². The Kier molecular flexibility index (Phi) is 6.77. The van der Waals surface area contributed by atoms with Crippen LogP contribution in [-0.2, 0) is 14.8 Å². The van der Waals surface area contributed by atoms with Crippen molar-refractivity contribution in [3.8, 4) is 0 Å². The van der Waals surface area contributed by atoms with Crippen LogP contribution in [0.4, 0.5) is 5.69 Å². The van der Waals surface area contributed by atoms with E-state index in [9.17, 15) is 13.2 Å². The van der Waals surface area contributed by atoms with Crippen molar-refractivity contribution in [2.24, 2.45) is 0 Å². The maximum absolute atomic E-state index is 12.9. The molecule has 1 fully saturated rings. The van der Waals surface area contributed by atoms with Gasteiger partial charge in [0, 0.05) is 59.6 Å². The molecular weight excluding hydrogens is 418 g/mol. The number of amides is 1. The molecule has 1 amide bonds. The summed E-state index contributed by atoms with van der Waals surface area (Å²) in [7, 11) is -3.44. The summed E-state index contributed by atoms with van der Waals surface area (Å²) in [6, 6.07) is 8.74. The quantitative estimate of drug-likeness (QED) is 0.746. The van der Waals surface area contributed by atoms with Crippen molar-refractivity contribution in [1.82, 2.24) is 9.21 Å². The van der Waals surface area contributed by atoms with E-state index in [1.165, 1.54) is 11.3 Å². The number of sulfonamides is 1. The maximum Gasteiger partial charge on any atom is 0.244 e. The molecule has 1 aliphatic heterocycles. The van der Waals surface area contributed by atoms with Crippen LogP contribution in [0.25, 0.3) is 0 Å². The van der Waals surface area contributed by atoms with E-state index in [0.29, 0.717) is 54.8 Å². The van der Waals surface area contributed by atoms with Gasteiger partial charge in [0.1, 0.15) is 0 Å². The molecule has 1 N–H and O–H groups in total. The molecule has 0 atom stereocenters. The van der Waals surface area contributed by atoms with E-state index < -0.39 is 10.0 Å². The van der Waals surface area contributed by atoms with Crippen LogP contribution in [0.1, 0.15) is 16.2 Å². The highest BCUT2D eigenvalue weighted by atomic mass is 35.5. The van der Waals surface area contributed by atoms with Crippen LogP contribution in [0, 0.1) is 13.8 Å².